The Morgan fingerprint density at radius 1 is 1.15 bits per heavy atom. The van der Waals surface area contributed by atoms with Crippen molar-refractivity contribution in [1.29, 1.82) is 0 Å². The van der Waals surface area contributed by atoms with Gasteiger partial charge in [0.25, 0.3) is 0 Å². The van der Waals surface area contributed by atoms with Gasteiger partial charge in [0, 0.05) is 0 Å². The van der Waals surface area contributed by atoms with Crippen molar-refractivity contribution in [2.45, 2.75) is 44.9 Å². The molecule has 4 nitrogen and oxygen atoms in total. The average Bonchev–Trinajstić information content (AvgIpc) is 2.92. The van der Waals surface area contributed by atoms with E-state index in [0.717, 1.165) is 29.5 Å². The molecular weight excluding hydrogens is 256 g/mol. The molecule has 1 aliphatic carbocycles. The minimum Gasteiger partial charge on any atom is -0.493 e. The maximum absolute atomic E-state index is 11.9. The van der Waals surface area contributed by atoms with Crippen LogP contribution in [0.3, 0.4) is 0 Å². The molecule has 1 aromatic rings. The van der Waals surface area contributed by atoms with Gasteiger partial charge >= 0.3 is 5.97 Å². The summed E-state index contributed by atoms with van der Waals surface area (Å²) in [7, 11) is 3.19. The van der Waals surface area contributed by atoms with E-state index >= 15 is 0 Å². The van der Waals surface area contributed by atoms with Crippen molar-refractivity contribution >= 4 is 5.97 Å². The van der Waals surface area contributed by atoms with Crippen LogP contribution in [0, 0.1) is 13.8 Å². The van der Waals surface area contributed by atoms with E-state index in [1.54, 1.807) is 14.2 Å². The molecule has 0 saturated heterocycles. The molecule has 1 N–H and O–H groups in total. The largest absolute Gasteiger partial charge is 0.493 e. The predicted molar refractivity (Wildman–Crippen MR) is 76.8 cm³/mol. The van der Waals surface area contributed by atoms with E-state index in [1.165, 1.54) is 0 Å². The van der Waals surface area contributed by atoms with Crippen molar-refractivity contribution in [3.8, 4) is 11.5 Å². The molecule has 0 aromatic heterocycles. The van der Waals surface area contributed by atoms with Crippen LogP contribution in [0.15, 0.2) is 6.07 Å². The molecule has 2 rings (SSSR count). The fourth-order valence-electron chi connectivity index (χ4n) is 3.34. The Labute approximate surface area is 119 Å². The lowest BCUT2D eigenvalue weighted by molar-refractivity contribution is -0.143. The van der Waals surface area contributed by atoms with Crippen LogP contribution < -0.4 is 9.47 Å². The summed E-state index contributed by atoms with van der Waals surface area (Å²) in [5.74, 6) is 0.565. The first-order valence-electron chi connectivity index (χ1n) is 6.94. The summed E-state index contributed by atoms with van der Waals surface area (Å²) < 4.78 is 10.8. The number of hydrogen-bond acceptors (Lipinski definition) is 3. The van der Waals surface area contributed by atoms with Gasteiger partial charge in [-0.2, -0.15) is 0 Å². The number of benzene rings is 1. The second-order valence-corrected chi connectivity index (χ2v) is 5.50. The highest BCUT2D eigenvalue weighted by Gasteiger charge is 2.44. The molecular formula is C16H22O4. The van der Waals surface area contributed by atoms with E-state index in [1.807, 2.05) is 19.9 Å². The van der Waals surface area contributed by atoms with Crippen LogP contribution >= 0.6 is 0 Å². The average molecular weight is 278 g/mol. The Hall–Kier alpha value is -1.71. The van der Waals surface area contributed by atoms with Crippen molar-refractivity contribution in [3.63, 3.8) is 0 Å². The zero-order valence-corrected chi connectivity index (χ0v) is 12.6. The second kappa shape index (κ2) is 5.35. The molecule has 0 bridgehead atoms. The fourth-order valence-corrected chi connectivity index (χ4v) is 3.34. The predicted octanol–water partition coefficient (Wildman–Crippen LogP) is 3.22. The zero-order chi connectivity index (χ0) is 14.9. The van der Waals surface area contributed by atoms with Crippen molar-refractivity contribution in [3.05, 3.63) is 22.8 Å². The minimum absolute atomic E-state index is 0.609. The van der Waals surface area contributed by atoms with Crippen molar-refractivity contribution < 1.29 is 19.4 Å². The van der Waals surface area contributed by atoms with Gasteiger partial charge in [-0.1, -0.05) is 12.8 Å². The highest BCUT2D eigenvalue weighted by atomic mass is 16.5. The number of carbonyl (C=O) groups is 1. The van der Waals surface area contributed by atoms with E-state index in [-0.39, 0.29) is 0 Å². The minimum atomic E-state index is -0.769. The molecule has 1 saturated carbocycles. The molecule has 0 atom stereocenters. The Morgan fingerprint density at radius 2 is 1.75 bits per heavy atom. The lowest BCUT2D eigenvalue weighted by Gasteiger charge is -2.28. The SMILES string of the molecule is COc1cc(C2(C(=O)O)CCCC2)c(C)c(C)c1OC. The van der Waals surface area contributed by atoms with Gasteiger partial charge in [-0.3, -0.25) is 4.79 Å². The molecule has 1 fully saturated rings. The summed E-state index contributed by atoms with van der Waals surface area (Å²) in [6.45, 7) is 3.92. The Bertz CT molecular complexity index is 528. The lowest BCUT2D eigenvalue weighted by Crippen LogP contribution is -2.33. The van der Waals surface area contributed by atoms with Gasteiger partial charge < -0.3 is 14.6 Å². The quantitative estimate of drug-likeness (QED) is 0.918. The molecule has 1 aliphatic rings. The third-order valence-corrected chi connectivity index (χ3v) is 4.61. The Balaban J connectivity index is 2.68. The van der Waals surface area contributed by atoms with Crippen LogP contribution in [0.4, 0.5) is 0 Å². The topological polar surface area (TPSA) is 55.8 Å². The molecule has 20 heavy (non-hydrogen) atoms. The summed E-state index contributed by atoms with van der Waals surface area (Å²) in [4.78, 5) is 11.9. The van der Waals surface area contributed by atoms with Crippen LogP contribution in [0.25, 0.3) is 0 Å². The van der Waals surface area contributed by atoms with Crippen LogP contribution in [-0.2, 0) is 10.2 Å². The van der Waals surface area contributed by atoms with E-state index in [2.05, 4.69) is 0 Å². The van der Waals surface area contributed by atoms with Crippen LogP contribution in [0.5, 0.6) is 11.5 Å². The van der Waals surface area contributed by atoms with Crippen molar-refractivity contribution in [2.24, 2.45) is 0 Å². The van der Waals surface area contributed by atoms with E-state index < -0.39 is 11.4 Å². The third kappa shape index (κ3) is 2.03. The van der Waals surface area contributed by atoms with E-state index in [0.29, 0.717) is 24.3 Å². The molecule has 0 heterocycles. The Kier molecular flexibility index (Phi) is 3.93. The maximum atomic E-state index is 11.9. The fraction of sp³-hybridized carbons (Fsp3) is 0.562. The number of hydrogen-bond donors (Lipinski definition) is 1. The molecule has 0 unspecified atom stereocenters. The molecule has 0 aliphatic heterocycles. The number of carboxylic acid groups (broad SMARTS) is 1. The third-order valence-electron chi connectivity index (χ3n) is 4.61. The number of methoxy groups -OCH3 is 2. The molecule has 0 spiro atoms. The van der Waals surface area contributed by atoms with Crippen molar-refractivity contribution in [1.82, 2.24) is 0 Å². The first-order valence-corrected chi connectivity index (χ1v) is 6.94. The maximum Gasteiger partial charge on any atom is 0.314 e. The smallest absolute Gasteiger partial charge is 0.314 e. The summed E-state index contributed by atoms with van der Waals surface area (Å²) >= 11 is 0. The highest BCUT2D eigenvalue weighted by molar-refractivity contribution is 5.83. The molecule has 1 aromatic carbocycles. The number of ether oxygens (including phenoxy) is 2. The summed E-state index contributed by atoms with van der Waals surface area (Å²) in [6, 6.07) is 1.85. The lowest BCUT2D eigenvalue weighted by atomic mass is 9.76. The number of aliphatic carboxylic acids is 1. The molecule has 0 amide bonds. The first kappa shape index (κ1) is 14.7. The van der Waals surface area contributed by atoms with Gasteiger partial charge in [-0.15, -0.1) is 0 Å². The second-order valence-electron chi connectivity index (χ2n) is 5.50. The van der Waals surface area contributed by atoms with E-state index in [4.69, 9.17) is 9.47 Å². The molecule has 4 heteroatoms. The van der Waals surface area contributed by atoms with Crippen LogP contribution in [0.1, 0.15) is 42.4 Å². The van der Waals surface area contributed by atoms with Crippen LogP contribution in [-0.4, -0.2) is 25.3 Å². The molecule has 0 radical (unpaired) electrons. The molecule has 110 valence electrons. The van der Waals surface area contributed by atoms with Crippen LogP contribution in [0.2, 0.25) is 0 Å². The van der Waals surface area contributed by atoms with Gasteiger partial charge in [0.15, 0.2) is 11.5 Å². The van der Waals surface area contributed by atoms with Crippen molar-refractivity contribution in [2.75, 3.05) is 14.2 Å². The Morgan fingerprint density at radius 3 is 2.20 bits per heavy atom. The van der Waals surface area contributed by atoms with Gasteiger partial charge in [0.05, 0.1) is 19.6 Å². The zero-order valence-electron chi connectivity index (χ0n) is 12.6. The highest BCUT2D eigenvalue weighted by Crippen LogP contribution is 2.47. The van der Waals surface area contributed by atoms with E-state index in [9.17, 15) is 9.90 Å². The van der Waals surface area contributed by atoms with Gasteiger partial charge in [0.1, 0.15) is 0 Å². The number of rotatable bonds is 4. The van der Waals surface area contributed by atoms with Gasteiger partial charge in [0.2, 0.25) is 0 Å². The summed E-state index contributed by atoms with van der Waals surface area (Å²) in [6.07, 6.45) is 3.30. The summed E-state index contributed by atoms with van der Waals surface area (Å²) in [5, 5.41) is 9.75. The monoisotopic (exact) mass is 278 g/mol. The number of carboxylic acids is 1. The van der Waals surface area contributed by atoms with Gasteiger partial charge in [-0.05, 0) is 49.4 Å². The standard InChI is InChI=1S/C16H22O4/c1-10-11(2)14(20-4)13(19-3)9-12(10)16(15(17)18)7-5-6-8-16/h9H,5-8H2,1-4H3,(H,17,18). The first-order chi connectivity index (χ1) is 9.47. The van der Waals surface area contributed by atoms with Gasteiger partial charge in [-0.25, -0.2) is 0 Å². The normalized spacial score (nSPS) is 17.0. The summed E-state index contributed by atoms with van der Waals surface area (Å²) in [5.41, 5.74) is 2.05.